The lowest BCUT2D eigenvalue weighted by Crippen LogP contribution is -2.29. The molecule has 1 rings (SSSR count). The molecule has 5 N–H and O–H groups in total. The summed E-state index contributed by atoms with van der Waals surface area (Å²) >= 11 is 0. The van der Waals surface area contributed by atoms with Gasteiger partial charge in [-0.05, 0) is 18.4 Å². The highest BCUT2D eigenvalue weighted by atomic mass is 15.2. The van der Waals surface area contributed by atoms with Crippen LogP contribution in [0.2, 0.25) is 0 Å². The van der Waals surface area contributed by atoms with Crippen LogP contribution in [0.25, 0.3) is 0 Å². The van der Waals surface area contributed by atoms with Crippen LogP contribution in [0.5, 0.6) is 0 Å². The fourth-order valence-electron chi connectivity index (χ4n) is 1.46. The van der Waals surface area contributed by atoms with E-state index in [2.05, 4.69) is 24.3 Å². The molecule has 0 bridgehead atoms. The van der Waals surface area contributed by atoms with Crippen LogP contribution in [-0.4, -0.2) is 4.98 Å². The van der Waals surface area contributed by atoms with Crippen molar-refractivity contribution >= 4 is 5.69 Å². The van der Waals surface area contributed by atoms with Crippen molar-refractivity contribution in [3.8, 4) is 0 Å². The lowest BCUT2D eigenvalue weighted by atomic mass is 9.98. The Morgan fingerprint density at radius 3 is 2.71 bits per heavy atom. The Kier molecular flexibility index (Phi) is 3.85. The van der Waals surface area contributed by atoms with E-state index >= 15 is 0 Å². The predicted molar refractivity (Wildman–Crippen MR) is 58.2 cm³/mol. The van der Waals surface area contributed by atoms with E-state index in [0.29, 0.717) is 5.92 Å². The largest absolute Gasteiger partial charge is 0.398 e. The molecule has 1 aromatic rings. The van der Waals surface area contributed by atoms with E-state index in [4.69, 9.17) is 11.6 Å². The van der Waals surface area contributed by atoms with Crippen molar-refractivity contribution in [1.29, 1.82) is 0 Å². The molecule has 1 aromatic heterocycles. The van der Waals surface area contributed by atoms with Crippen LogP contribution >= 0.6 is 0 Å². The molecule has 14 heavy (non-hydrogen) atoms. The third-order valence-corrected chi connectivity index (χ3v) is 2.17. The minimum absolute atomic E-state index is 0.0868. The SMILES string of the molecule is CC(C)CC(NN)c1cnccc1N. The molecule has 1 heterocycles. The lowest BCUT2D eigenvalue weighted by molar-refractivity contribution is 0.438. The Labute approximate surface area is 84.7 Å². The van der Waals surface area contributed by atoms with Gasteiger partial charge in [0.05, 0.1) is 0 Å². The van der Waals surface area contributed by atoms with E-state index in [1.54, 1.807) is 18.5 Å². The molecule has 0 saturated heterocycles. The number of pyridine rings is 1. The first kappa shape index (κ1) is 10.9. The van der Waals surface area contributed by atoms with E-state index < -0.39 is 0 Å². The van der Waals surface area contributed by atoms with Crippen LogP contribution in [0.3, 0.4) is 0 Å². The summed E-state index contributed by atoms with van der Waals surface area (Å²) in [5, 5.41) is 0. The molecule has 4 nitrogen and oxygen atoms in total. The summed E-state index contributed by atoms with van der Waals surface area (Å²) in [5.41, 5.74) is 10.3. The lowest BCUT2D eigenvalue weighted by Gasteiger charge is -2.19. The van der Waals surface area contributed by atoms with Crippen LogP contribution in [0.4, 0.5) is 5.69 Å². The molecule has 0 saturated carbocycles. The van der Waals surface area contributed by atoms with Gasteiger partial charge in [0, 0.05) is 29.7 Å². The molecule has 0 aliphatic heterocycles. The van der Waals surface area contributed by atoms with Gasteiger partial charge in [0.1, 0.15) is 0 Å². The van der Waals surface area contributed by atoms with Gasteiger partial charge < -0.3 is 5.73 Å². The first-order valence-electron chi connectivity index (χ1n) is 4.80. The number of nitrogens with one attached hydrogen (secondary N) is 1. The van der Waals surface area contributed by atoms with Gasteiger partial charge in [0.2, 0.25) is 0 Å². The van der Waals surface area contributed by atoms with E-state index in [0.717, 1.165) is 17.7 Å². The molecule has 0 amide bonds. The highest BCUT2D eigenvalue weighted by molar-refractivity contribution is 5.46. The van der Waals surface area contributed by atoms with Gasteiger partial charge >= 0.3 is 0 Å². The molecular formula is C10H18N4. The van der Waals surface area contributed by atoms with Crippen molar-refractivity contribution in [1.82, 2.24) is 10.4 Å². The molecule has 0 aliphatic carbocycles. The van der Waals surface area contributed by atoms with Crippen molar-refractivity contribution in [2.75, 3.05) is 5.73 Å². The van der Waals surface area contributed by atoms with Crippen LogP contribution in [0.15, 0.2) is 18.5 Å². The molecule has 0 spiro atoms. The second-order valence-corrected chi connectivity index (χ2v) is 3.85. The van der Waals surface area contributed by atoms with Gasteiger partial charge in [-0.2, -0.15) is 0 Å². The third kappa shape index (κ3) is 2.68. The number of nitrogens with two attached hydrogens (primary N) is 2. The molecule has 1 atom stereocenters. The Balaban J connectivity index is 2.83. The van der Waals surface area contributed by atoms with Gasteiger partial charge in [-0.15, -0.1) is 0 Å². The second-order valence-electron chi connectivity index (χ2n) is 3.85. The highest BCUT2D eigenvalue weighted by Gasteiger charge is 2.13. The Morgan fingerprint density at radius 2 is 2.21 bits per heavy atom. The molecule has 0 fully saturated rings. The van der Waals surface area contributed by atoms with Crippen molar-refractivity contribution in [3.05, 3.63) is 24.0 Å². The van der Waals surface area contributed by atoms with Gasteiger partial charge in [0.15, 0.2) is 0 Å². The molecule has 0 aromatic carbocycles. The maximum atomic E-state index is 5.84. The van der Waals surface area contributed by atoms with Crippen LogP contribution < -0.4 is 17.0 Å². The monoisotopic (exact) mass is 194 g/mol. The number of aromatic nitrogens is 1. The van der Waals surface area contributed by atoms with Gasteiger partial charge in [-0.25, -0.2) is 0 Å². The fourth-order valence-corrected chi connectivity index (χ4v) is 1.46. The summed E-state index contributed by atoms with van der Waals surface area (Å²) in [6, 6.07) is 1.88. The number of anilines is 1. The Morgan fingerprint density at radius 1 is 1.50 bits per heavy atom. The van der Waals surface area contributed by atoms with Crippen molar-refractivity contribution < 1.29 is 0 Å². The van der Waals surface area contributed by atoms with Gasteiger partial charge in [-0.3, -0.25) is 16.3 Å². The quantitative estimate of drug-likeness (QED) is 0.497. The average molecular weight is 194 g/mol. The topological polar surface area (TPSA) is 77.0 Å². The first-order chi connectivity index (χ1) is 6.65. The first-order valence-corrected chi connectivity index (χ1v) is 4.80. The summed E-state index contributed by atoms with van der Waals surface area (Å²) in [6.07, 6.45) is 4.40. The maximum Gasteiger partial charge on any atom is 0.0498 e. The van der Waals surface area contributed by atoms with E-state index in [9.17, 15) is 0 Å². The molecule has 78 valence electrons. The maximum absolute atomic E-state index is 5.84. The zero-order valence-electron chi connectivity index (χ0n) is 8.70. The number of hydrogen-bond acceptors (Lipinski definition) is 4. The smallest absolute Gasteiger partial charge is 0.0498 e. The molecule has 0 radical (unpaired) electrons. The Bertz CT molecular complexity index is 285. The van der Waals surface area contributed by atoms with E-state index in [-0.39, 0.29) is 6.04 Å². The highest BCUT2D eigenvalue weighted by Crippen LogP contribution is 2.23. The predicted octanol–water partition coefficient (Wildman–Crippen LogP) is 1.21. The minimum atomic E-state index is 0.0868. The second kappa shape index (κ2) is 4.93. The number of hydrazine groups is 1. The zero-order valence-corrected chi connectivity index (χ0v) is 8.70. The van der Waals surface area contributed by atoms with Crippen LogP contribution in [0.1, 0.15) is 31.9 Å². The van der Waals surface area contributed by atoms with Gasteiger partial charge in [-0.1, -0.05) is 13.8 Å². The number of nitrogens with zero attached hydrogens (tertiary/aromatic N) is 1. The molecular weight excluding hydrogens is 176 g/mol. The molecule has 0 aliphatic rings. The summed E-state index contributed by atoms with van der Waals surface area (Å²) in [4.78, 5) is 4.05. The van der Waals surface area contributed by atoms with Crippen molar-refractivity contribution in [2.45, 2.75) is 26.3 Å². The Hall–Kier alpha value is -1.13. The zero-order chi connectivity index (χ0) is 10.6. The summed E-state index contributed by atoms with van der Waals surface area (Å²) in [6.45, 7) is 4.30. The summed E-state index contributed by atoms with van der Waals surface area (Å²) in [5.74, 6) is 6.05. The van der Waals surface area contributed by atoms with Crippen LogP contribution in [0, 0.1) is 5.92 Å². The molecule has 4 heteroatoms. The van der Waals surface area contributed by atoms with Crippen LogP contribution in [-0.2, 0) is 0 Å². The summed E-state index contributed by atoms with van der Waals surface area (Å²) in [7, 11) is 0. The number of hydrogen-bond donors (Lipinski definition) is 3. The standard InChI is InChI=1S/C10H18N4/c1-7(2)5-10(14-12)8-6-13-4-3-9(8)11/h3-4,6-7,10,14H,5,12H2,1-2H3,(H2,11,13). The third-order valence-electron chi connectivity index (χ3n) is 2.17. The number of nitrogen functional groups attached to an aromatic ring is 1. The van der Waals surface area contributed by atoms with E-state index in [1.165, 1.54) is 0 Å². The summed E-state index contributed by atoms with van der Waals surface area (Å²) < 4.78 is 0. The van der Waals surface area contributed by atoms with Gasteiger partial charge in [0.25, 0.3) is 0 Å². The normalized spacial score (nSPS) is 13.1. The molecule has 1 unspecified atom stereocenters. The van der Waals surface area contributed by atoms with Crippen molar-refractivity contribution in [2.24, 2.45) is 11.8 Å². The van der Waals surface area contributed by atoms with Crippen molar-refractivity contribution in [3.63, 3.8) is 0 Å². The van der Waals surface area contributed by atoms with E-state index in [1.807, 2.05) is 0 Å². The minimum Gasteiger partial charge on any atom is -0.398 e. The number of rotatable bonds is 4. The average Bonchev–Trinajstić information content (AvgIpc) is 2.15. The fraction of sp³-hybridized carbons (Fsp3) is 0.500.